The van der Waals surface area contributed by atoms with E-state index in [-0.39, 0.29) is 29.6 Å². The van der Waals surface area contributed by atoms with Crippen LogP contribution in [-0.2, 0) is 20.8 Å². The minimum atomic E-state index is -0.717. The molecule has 2 N–H and O–H groups in total. The molecule has 1 aromatic carbocycles. The molecule has 1 atom stereocenters. The molecular weight excluding hydrogens is 528 g/mol. The van der Waals surface area contributed by atoms with Gasteiger partial charge in [0.2, 0.25) is 0 Å². The fourth-order valence-corrected chi connectivity index (χ4v) is 5.04. The Bertz CT molecular complexity index is 1490. The average molecular weight is 569 g/mol. The summed E-state index contributed by atoms with van der Waals surface area (Å²) >= 11 is 0. The van der Waals surface area contributed by atoms with E-state index in [1.807, 2.05) is 44.4 Å². The molecule has 0 radical (unpaired) electrons. The van der Waals surface area contributed by atoms with Crippen LogP contribution in [0.5, 0.6) is 0 Å². The molecule has 222 valence electrons. The predicted molar refractivity (Wildman–Crippen MR) is 155 cm³/mol. The van der Waals surface area contributed by atoms with Crippen molar-refractivity contribution in [2.24, 2.45) is 0 Å². The van der Waals surface area contributed by atoms with Gasteiger partial charge in [0.05, 0.1) is 17.6 Å². The zero-order valence-electron chi connectivity index (χ0n) is 24.5. The van der Waals surface area contributed by atoms with Crippen LogP contribution >= 0.6 is 0 Å². The first-order valence-electron chi connectivity index (χ1n) is 14.3. The van der Waals surface area contributed by atoms with E-state index >= 15 is 0 Å². The number of esters is 1. The highest BCUT2D eigenvalue weighted by Gasteiger charge is 2.30. The highest BCUT2D eigenvalue weighted by atomic mass is 16.6. The lowest BCUT2D eigenvalue weighted by Crippen LogP contribution is -2.36. The molecule has 3 aliphatic rings. The average Bonchev–Trinajstić information content (AvgIpc) is 3.35. The third-order valence-corrected chi connectivity index (χ3v) is 6.97. The minimum absolute atomic E-state index is 0.0362. The molecule has 1 aromatic rings. The third-order valence-electron chi connectivity index (χ3n) is 6.97. The Hall–Kier alpha value is -3.96. The third kappa shape index (κ3) is 7.62. The van der Waals surface area contributed by atoms with E-state index in [0.717, 1.165) is 48.9 Å². The molecule has 1 fully saturated rings. The van der Waals surface area contributed by atoms with Crippen molar-refractivity contribution in [1.82, 2.24) is 24.4 Å². The largest absolute Gasteiger partial charge is 0.466 e. The van der Waals surface area contributed by atoms with Crippen LogP contribution in [0.2, 0.25) is 0 Å². The van der Waals surface area contributed by atoms with E-state index < -0.39 is 16.9 Å². The summed E-state index contributed by atoms with van der Waals surface area (Å²) in [5.74, 6) is 0.0517. The number of rotatable bonds is 10. The number of benzene rings is 1. The fraction of sp³-hybridized carbons (Fsp3) is 0.586. The van der Waals surface area contributed by atoms with Gasteiger partial charge in [0.25, 0.3) is 5.56 Å². The molecule has 0 aliphatic carbocycles. The lowest BCUT2D eigenvalue weighted by molar-refractivity contribution is -0.143. The number of aromatic nitrogens is 4. The molecule has 0 spiro atoms. The van der Waals surface area contributed by atoms with Crippen molar-refractivity contribution in [3.63, 3.8) is 0 Å². The Morgan fingerprint density at radius 3 is 2.61 bits per heavy atom. The molecule has 1 saturated heterocycles. The standard InChI is InChI=1S/C29H40N6O6/c1-6-40-23(36)11-9-7-8-10-13-35-22-16-20(30-19-12-14-34(17-19)28(39)41-29(3,4)5)18(2)15-21(22)31-24-25(35)32-27(38)33-26(24)37/h15-16,19,30H,6-14,17H2,1-5H3,(H,33,37,38)/t19-/m0/s1. The number of amides is 1. The van der Waals surface area contributed by atoms with Gasteiger partial charge >= 0.3 is 17.8 Å². The molecule has 41 heavy (non-hydrogen) atoms. The zero-order chi connectivity index (χ0) is 29.7. The van der Waals surface area contributed by atoms with Crippen molar-refractivity contribution in [1.29, 1.82) is 0 Å². The van der Waals surface area contributed by atoms with Gasteiger partial charge in [-0.2, -0.15) is 4.98 Å². The number of aryl methyl sites for hydroxylation is 2. The Labute approximate surface area is 238 Å². The van der Waals surface area contributed by atoms with Crippen LogP contribution in [0.15, 0.2) is 21.7 Å². The second-order valence-electron chi connectivity index (χ2n) is 11.5. The van der Waals surface area contributed by atoms with Crippen molar-refractivity contribution in [2.45, 2.75) is 91.3 Å². The molecule has 3 aliphatic heterocycles. The number of nitrogens with zero attached hydrogens (tertiary/aromatic N) is 4. The Balaban J connectivity index is 1.56. The maximum Gasteiger partial charge on any atom is 0.410 e. The molecule has 12 nitrogen and oxygen atoms in total. The maximum atomic E-state index is 12.6. The molecular formula is C29H40N6O6. The van der Waals surface area contributed by atoms with Crippen LogP contribution in [0.1, 0.15) is 71.8 Å². The Kier molecular flexibility index (Phi) is 9.29. The number of carbonyl (C=O) groups is 2. The number of hydrogen-bond acceptors (Lipinski definition) is 9. The topological polar surface area (TPSA) is 149 Å². The van der Waals surface area contributed by atoms with Gasteiger partial charge in [0.15, 0.2) is 11.5 Å². The lowest BCUT2D eigenvalue weighted by Gasteiger charge is -2.25. The minimum Gasteiger partial charge on any atom is -0.466 e. The van der Waals surface area contributed by atoms with Crippen molar-refractivity contribution in [3.05, 3.63) is 38.5 Å². The number of fused-ring (bicyclic) bond motifs is 2. The normalized spacial score (nSPS) is 15.4. The van der Waals surface area contributed by atoms with Crippen LogP contribution in [0.25, 0.3) is 22.6 Å². The van der Waals surface area contributed by atoms with Crippen LogP contribution in [0.3, 0.4) is 0 Å². The monoisotopic (exact) mass is 568 g/mol. The maximum absolute atomic E-state index is 12.6. The molecule has 3 heterocycles. The number of unbranched alkanes of at least 4 members (excludes halogenated alkanes) is 3. The molecule has 0 saturated carbocycles. The van der Waals surface area contributed by atoms with Crippen molar-refractivity contribution < 1.29 is 19.1 Å². The molecule has 12 heteroatoms. The van der Waals surface area contributed by atoms with E-state index in [9.17, 15) is 19.2 Å². The smallest absolute Gasteiger partial charge is 0.410 e. The summed E-state index contributed by atoms with van der Waals surface area (Å²) in [4.78, 5) is 61.5. The second kappa shape index (κ2) is 12.7. The summed E-state index contributed by atoms with van der Waals surface area (Å²) in [7, 11) is 0. The van der Waals surface area contributed by atoms with Crippen LogP contribution < -0.4 is 16.6 Å². The van der Waals surface area contributed by atoms with Crippen LogP contribution in [-0.4, -0.2) is 67.8 Å². The highest BCUT2D eigenvalue weighted by Crippen LogP contribution is 2.29. The molecule has 0 aromatic heterocycles. The number of nitrogens with one attached hydrogen (secondary N) is 2. The Morgan fingerprint density at radius 1 is 1.12 bits per heavy atom. The summed E-state index contributed by atoms with van der Waals surface area (Å²) in [6.45, 7) is 11.3. The number of H-pyrrole nitrogens is 1. The van der Waals surface area contributed by atoms with Gasteiger partial charge in [0.1, 0.15) is 5.60 Å². The van der Waals surface area contributed by atoms with Gasteiger partial charge in [-0.3, -0.25) is 14.6 Å². The van der Waals surface area contributed by atoms with Gasteiger partial charge in [-0.15, -0.1) is 0 Å². The quantitative estimate of drug-likeness (QED) is 0.211. The van der Waals surface area contributed by atoms with Gasteiger partial charge in [-0.1, -0.05) is 12.8 Å². The first-order chi connectivity index (χ1) is 19.4. The van der Waals surface area contributed by atoms with Crippen molar-refractivity contribution >= 4 is 28.8 Å². The molecule has 1 amide bonds. The van der Waals surface area contributed by atoms with Crippen LogP contribution in [0.4, 0.5) is 10.5 Å². The van der Waals surface area contributed by atoms with Crippen molar-refractivity contribution in [2.75, 3.05) is 25.0 Å². The molecule has 0 bridgehead atoms. The van der Waals surface area contributed by atoms with Crippen LogP contribution in [0, 0.1) is 6.92 Å². The summed E-state index contributed by atoms with van der Waals surface area (Å²) in [6.07, 6.45) is 4.03. The first kappa shape index (κ1) is 30.0. The van der Waals surface area contributed by atoms with Crippen molar-refractivity contribution in [3.8, 4) is 11.5 Å². The number of aromatic amines is 1. The SMILES string of the molecule is CCOC(=O)CCCCCCn1c2nc(=O)[nH]c(=O)c-2nc2cc(C)c(N[C@H]3CCN(C(=O)OC(C)(C)C)C3)cc21. The van der Waals surface area contributed by atoms with Gasteiger partial charge < -0.3 is 24.3 Å². The van der Waals surface area contributed by atoms with E-state index in [1.165, 1.54) is 0 Å². The summed E-state index contributed by atoms with van der Waals surface area (Å²) in [5.41, 5.74) is 1.46. The number of ether oxygens (including phenoxy) is 2. The lowest BCUT2D eigenvalue weighted by atomic mass is 10.1. The van der Waals surface area contributed by atoms with Gasteiger partial charge in [0, 0.05) is 37.8 Å². The highest BCUT2D eigenvalue weighted by molar-refractivity contribution is 5.84. The van der Waals surface area contributed by atoms with E-state index in [0.29, 0.717) is 38.2 Å². The summed E-state index contributed by atoms with van der Waals surface area (Å²) in [6, 6.07) is 3.92. The van der Waals surface area contributed by atoms with Gasteiger partial charge in [-0.05, 0) is 71.6 Å². The fourth-order valence-electron chi connectivity index (χ4n) is 5.04. The second-order valence-corrected chi connectivity index (χ2v) is 11.5. The Morgan fingerprint density at radius 2 is 1.88 bits per heavy atom. The van der Waals surface area contributed by atoms with Gasteiger partial charge in [-0.25, -0.2) is 14.6 Å². The molecule has 4 rings (SSSR count). The summed E-state index contributed by atoms with van der Waals surface area (Å²) in [5, 5.41) is 3.57. The molecule has 0 unspecified atom stereocenters. The van der Waals surface area contributed by atoms with E-state index in [1.54, 1.807) is 11.8 Å². The zero-order valence-corrected chi connectivity index (χ0v) is 24.5. The number of likely N-dealkylation sites (tertiary alicyclic amines) is 1. The number of hydrogen-bond donors (Lipinski definition) is 2. The van der Waals surface area contributed by atoms with E-state index in [2.05, 4.69) is 20.3 Å². The number of anilines is 1. The summed E-state index contributed by atoms with van der Waals surface area (Å²) < 4.78 is 12.4. The first-order valence-corrected chi connectivity index (χ1v) is 14.3. The predicted octanol–water partition coefficient (Wildman–Crippen LogP) is 3.83. The number of carbonyl (C=O) groups excluding carboxylic acids is 2. The van der Waals surface area contributed by atoms with E-state index in [4.69, 9.17) is 9.47 Å².